The summed E-state index contributed by atoms with van der Waals surface area (Å²) in [7, 11) is 0. The summed E-state index contributed by atoms with van der Waals surface area (Å²) >= 11 is 0. The third-order valence-electron chi connectivity index (χ3n) is 3.02. The van der Waals surface area contributed by atoms with Crippen molar-refractivity contribution in [1.82, 2.24) is 0 Å². The quantitative estimate of drug-likeness (QED) is 0.646. The first-order valence-electron chi connectivity index (χ1n) is 5.43. The molecule has 1 saturated carbocycles. The van der Waals surface area contributed by atoms with Crippen molar-refractivity contribution >= 4 is 0 Å². The molecule has 1 N–H and O–H groups in total. The van der Waals surface area contributed by atoms with Gasteiger partial charge in [-0.3, -0.25) is 0 Å². The van der Waals surface area contributed by atoms with Gasteiger partial charge in [0, 0.05) is 6.61 Å². The van der Waals surface area contributed by atoms with Crippen molar-refractivity contribution in [2.45, 2.75) is 51.9 Å². The summed E-state index contributed by atoms with van der Waals surface area (Å²) < 4.78 is 0. The topological polar surface area (TPSA) is 20.2 Å². The minimum atomic E-state index is 0.372. The Morgan fingerprint density at radius 1 is 1.17 bits per heavy atom. The molecule has 0 saturated heterocycles. The molecule has 1 rings (SSSR count). The fourth-order valence-corrected chi connectivity index (χ4v) is 2.24. The summed E-state index contributed by atoms with van der Waals surface area (Å²) in [6, 6.07) is 0. The van der Waals surface area contributed by atoms with Crippen molar-refractivity contribution in [1.29, 1.82) is 0 Å². The predicted octanol–water partition coefficient (Wildman–Crippen LogP) is 2.98. The summed E-state index contributed by atoms with van der Waals surface area (Å²) in [4.78, 5) is 0. The number of hydrogen-bond acceptors (Lipinski definition) is 1. The smallest absolute Gasteiger partial charge is 0.0456 e. The molecule has 0 radical (unpaired) electrons. The fourth-order valence-electron chi connectivity index (χ4n) is 2.24. The summed E-state index contributed by atoms with van der Waals surface area (Å²) in [5.74, 6) is 1.43. The monoisotopic (exact) mass is 170 g/mol. The van der Waals surface area contributed by atoms with Crippen LogP contribution in [0.1, 0.15) is 51.9 Å². The molecule has 0 bridgehead atoms. The van der Waals surface area contributed by atoms with E-state index in [-0.39, 0.29) is 0 Å². The standard InChI is InChI=1S/C11H22O/c1-10(9-12)8-11-6-4-2-3-5-7-11/h10-12H,2-9H2,1H3. The van der Waals surface area contributed by atoms with Crippen LogP contribution in [0.3, 0.4) is 0 Å². The van der Waals surface area contributed by atoms with Crippen molar-refractivity contribution in [3.8, 4) is 0 Å². The Bertz CT molecular complexity index is 104. The van der Waals surface area contributed by atoms with Gasteiger partial charge in [0.25, 0.3) is 0 Å². The maximum absolute atomic E-state index is 8.94. The zero-order chi connectivity index (χ0) is 8.81. The van der Waals surface area contributed by atoms with Crippen LogP contribution in [0, 0.1) is 11.8 Å². The molecule has 12 heavy (non-hydrogen) atoms. The van der Waals surface area contributed by atoms with Crippen LogP contribution in [0.2, 0.25) is 0 Å². The van der Waals surface area contributed by atoms with Gasteiger partial charge in [-0.1, -0.05) is 45.4 Å². The SMILES string of the molecule is CC(CO)CC1CCCCCC1. The molecule has 1 atom stereocenters. The van der Waals surface area contributed by atoms with Gasteiger partial charge in [-0.25, -0.2) is 0 Å². The molecule has 1 nitrogen and oxygen atoms in total. The third kappa shape index (κ3) is 3.57. The highest BCUT2D eigenvalue weighted by Crippen LogP contribution is 2.27. The van der Waals surface area contributed by atoms with Crippen molar-refractivity contribution < 1.29 is 5.11 Å². The molecular weight excluding hydrogens is 148 g/mol. The molecule has 0 aromatic rings. The maximum Gasteiger partial charge on any atom is 0.0456 e. The Balaban J connectivity index is 2.20. The lowest BCUT2D eigenvalue weighted by atomic mass is 9.90. The van der Waals surface area contributed by atoms with E-state index in [4.69, 9.17) is 5.11 Å². The Morgan fingerprint density at radius 3 is 2.25 bits per heavy atom. The number of aliphatic hydroxyl groups excluding tert-OH is 1. The van der Waals surface area contributed by atoms with E-state index in [1.807, 2.05) is 0 Å². The van der Waals surface area contributed by atoms with Gasteiger partial charge in [-0.2, -0.15) is 0 Å². The summed E-state index contributed by atoms with van der Waals surface area (Å²) in [6.07, 6.45) is 9.77. The average Bonchev–Trinajstić information content (AvgIpc) is 2.33. The highest BCUT2D eigenvalue weighted by atomic mass is 16.3. The molecule has 0 aromatic heterocycles. The van der Waals surface area contributed by atoms with Crippen LogP contribution in [0.25, 0.3) is 0 Å². The van der Waals surface area contributed by atoms with Crippen LogP contribution < -0.4 is 0 Å². The van der Waals surface area contributed by atoms with Crippen LogP contribution in [-0.2, 0) is 0 Å². The highest BCUT2D eigenvalue weighted by Gasteiger charge is 2.14. The minimum absolute atomic E-state index is 0.372. The van der Waals surface area contributed by atoms with Crippen LogP contribution in [0.15, 0.2) is 0 Å². The zero-order valence-electron chi connectivity index (χ0n) is 8.26. The van der Waals surface area contributed by atoms with Gasteiger partial charge in [-0.05, 0) is 18.3 Å². The van der Waals surface area contributed by atoms with Gasteiger partial charge in [0.1, 0.15) is 0 Å². The zero-order valence-corrected chi connectivity index (χ0v) is 8.26. The van der Waals surface area contributed by atoms with Crippen molar-refractivity contribution in [2.24, 2.45) is 11.8 Å². The first-order chi connectivity index (χ1) is 5.83. The molecule has 1 unspecified atom stereocenters. The van der Waals surface area contributed by atoms with Crippen LogP contribution in [-0.4, -0.2) is 11.7 Å². The Labute approximate surface area is 76.2 Å². The van der Waals surface area contributed by atoms with E-state index in [2.05, 4.69) is 6.92 Å². The first-order valence-corrected chi connectivity index (χ1v) is 5.43. The lowest BCUT2D eigenvalue weighted by Gasteiger charge is -2.17. The highest BCUT2D eigenvalue weighted by molar-refractivity contribution is 4.67. The molecule has 1 aliphatic carbocycles. The van der Waals surface area contributed by atoms with Gasteiger partial charge in [0.05, 0.1) is 0 Å². The van der Waals surface area contributed by atoms with E-state index in [0.29, 0.717) is 12.5 Å². The predicted molar refractivity (Wildman–Crippen MR) is 52.1 cm³/mol. The molecular formula is C11H22O. The second-order valence-electron chi connectivity index (χ2n) is 4.38. The number of hydrogen-bond donors (Lipinski definition) is 1. The van der Waals surface area contributed by atoms with E-state index in [1.165, 1.54) is 44.9 Å². The fraction of sp³-hybridized carbons (Fsp3) is 1.00. The van der Waals surface area contributed by atoms with Gasteiger partial charge >= 0.3 is 0 Å². The van der Waals surface area contributed by atoms with Gasteiger partial charge in [-0.15, -0.1) is 0 Å². The molecule has 1 heteroatoms. The number of aliphatic hydroxyl groups is 1. The Morgan fingerprint density at radius 2 is 1.75 bits per heavy atom. The van der Waals surface area contributed by atoms with Gasteiger partial charge in [0.2, 0.25) is 0 Å². The summed E-state index contributed by atoms with van der Waals surface area (Å²) in [6.45, 7) is 2.53. The van der Waals surface area contributed by atoms with E-state index < -0.39 is 0 Å². The van der Waals surface area contributed by atoms with E-state index in [9.17, 15) is 0 Å². The summed E-state index contributed by atoms with van der Waals surface area (Å²) in [5.41, 5.74) is 0. The normalized spacial score (nSPS) is 23.5. The Kier molecular flexibility index (Phi) is 4.67. The molecule has 72 valence electrons. The van der Waals surface area contributed by atoms with Gasteiger partial charge in [0.15, 0.2) is 0 Å². The molecule has 0 spiro atoms. The third-order valence-corrected chi connectivity index (χ3v) is 3.02. The summed E-state index contributed by atoms with van der Waals surface area (Å²) in [5, 5.41) is 8.94. The van der Waals surface area contributed by atoms with E-state index in [1.54, 1.807) is 0 Å². The second kappa shape index (κ2) is 5.58. The maximum atomic E-state index is 8.94. The molecule has 1 fully saturated rings. The Hall–Kier alpha value is -0.0400. The molecule has 1 aliphatic rings. The minimum Gasteiger partial charge on any atom is -0.396 e. The van der Waals surface area contributed by atoms with Gasteiger partial charge < -0.3 is 5.11 Å². The molecule has 0 heterocycles. The lowest BCUT2D eigenvalue weighted by molar-refractivity contribution is 0.207. The number of rotatable bonds is 3. The van der Waals surface area contributed by atoms with Crippen molar-refractivity contribution in [3.05, 3.63) is 0 Å². The first kappa shape index (κ1) is 10.0. The van der Waals surface area contributed by atoms with E-state index >= 15 is 0 Å². The van der Waals surface area contributed by atoms with Crippen LogP contribution >= 0.6 is 0 Å². The van der Waals surface area contributed by atoms with Crippen molar-refractivity contribution in [2.75, 3.05) is 6.61 Å². The largest absolute Gasteiger partial charge is 0.396 e. The van der Waals surface area contributed by atoms with Crippen LogP contribution in [0.4, 0.5) is 0 Å². The van der Waals surface area contributed by atoms with Crippen molar-refractivity contribution in [3.63, 3.8) is 0 Å². The lowest BCUT2D eigenvalue weighted by Crippen LogP contribution is -2.08. The second-order valence-corrected chi connectivity index (χ2v) is 4.38. The van der Waals surface area contributed by atoms with Crippen LogP contribution in [0.5, 0.6) is 0 Å². The molecule has 0 aromatic carbocycles. The molecule has 0 aliphatic heterocycles. The molecule has 0 amide bonds. The van der Waals surface area contributed by atoms with E-state index in [0.717, 1.165) is 5.92 Å². The average molecular weight is 170 g/mol.